The van der Waals surface area contributed by atoms with E-state index in [0.29, 0.717) is 11.5 Å². The molecule has 0 spiro atoms. The van der Waals surface area contributed by atoms with Crippen molar-refractivity contribution in [1.29, 1.82) is 0 Å². The van der Waals surface area contributed by atoms with Crippen LogP contribution < -0.4 is 11.1 Å². The molecule has 1 unspecified atom stereocenters. The van der Waals surface area contributed by atoms with Crippen molar-refractivity contribution in [2.45, 2.75) is 46.1 Å². The summed E-state index contributed by atoms with van der Waals surface area (Å²) >= 11 is 0. The second-order valence-corrected chi connectivity index (χ2v) is 5.64. The van der Waals surface area contributed by atoms with Crippen molar-refractivity contribution >= 4 is 11.5 Å². The number of anilines is 2. The third-order valence-corrected chi connectivity index (χ3v) is 3.52. The number of hydrogen-bond acceptors (Lipinski definition) is 3. The molecule has 1 aliphatic carbocycles. The zero-order valence-corrected chi connectivity index (χ0v) is 10.4. The van der Waals surface area contributed by atoms with Crippen molar-refractivity contribution in [1.82, 2.24) is 4.98 Å². The number of aromatic nitrogens is 1. The van der Waals surface area contributed by atoms with Gasteiger partial charge in [0.2, 0.25) is 0 Å². The third kappa shape index (κ3) is 2.29. The van der Waals surface area contributed by atoms with Crippen LogP contribution in [0.5, 0.6) is 0 Å². The smallest absolute Gasteiger partial charge is 0.149 e. The van der Waals surface area contributed by atoms with Gasteiger partial charge in [-0.1, -0.05) is 13.8 Å². The maximum Gasteiger partial charge on any atom is 0.149 e. The molecule has 16 heavy (non-hydrogen) atoms. The molecular weight excluding hydrogens is 198 g/mol. The van der Waals surface area contributed by atoms with E-state index in [4.69, 9.17) is 5.73 Å². The highest BCUT2D eigenvalue weighted by Gasteiger charge is 2.31. The Labute approximate surface area is 97.5 Å². The van der Waals surface area contributed by atoms with E-state index in [9.17, 15) is 0 Å². The Morgan fingerprint density at radius 1 is 1.50 bits per heavy atom. The first-order valence-electron chi connectivity index (χ1n) is 5.95. The SMILES string of the molecule is Cc1ccnc(NC2CCC(C)(C)C2)c1N. The van der Waals surface area contributed by atoms with Crippen molar-refractivity contribution < 1.29 is 0 Å². The minimum atomic E-state index is 0.455. The van der Waals surface area contributed by atoms with Crippen molar-refractivity contribution in [2.24, 2.45) is 5.41 Å². The zero-order valence-electron chi connectivity index (χ0n) is 10.4. The molecule has 1 aliphatic rings. The van der Waals surface area contributed by atoms with Gasteiger partial charge in [0.1, 0.15) is 5.82 Å². The molecule has 2 rings (SSSR count). The first-order valence-corrected chi connectivity index (χ1v) is 5.95. The summed E-state index contributed by atoms with van der Waals surface area (Å²) in [6, 6.07) is 2.46. The fraction of sp³-hybridized carbons (Fsp3) is 0.615. The van der Waals surface area contributed by atoms with E-state index in [-0.39, 0.29) is 0 Å². The van der Waals surface area contributed by atoms with Gasteiger partial charge in [-0.3, -0.25) is 0 Å². The highest BCUT2D eigenvalue weighted by atomic mass is 15.0. The van der Waals surface area contributed by atoms with Gasteiger partial charge in [-0.2, -0.15) is 0 Å². The van der Waals surface area contributed by atoms with E-state index in [2.05, 4.69) is 24.1 Å². The monoisotopic (exact) mass is 219 g/mol. The number of hydrogen-bond donors (Lipinski definition) is 2. The normalized spacial score (nSPS) is 23.3. The number of nitrogens with two attached hydrogens (primary N) is 1. The van der Waals surface area contributed by atoms with Crippen molar-refractivity contribution in [2.75, 3.05) is 11.1 Å². The number of rotatable bonds is 2. The Morgan fingerprint density at radius 2 is 2.25 bits per heavy atom. The molecule has 0 saturated heterocycles. The van der Waals surface area contributed by atoms with Gasteiger partial charge in [-0.05, 0) is 43.2 Å². The lowest BCUT2D eigenvalue weighted by atomic mass is 9.92. The van der Waals surface area contributed by atoms with E-state index in [1.54, 1.807) is 0 Å². The molecule has 0 amide bonds. The number of aryl methyl sites for hydroxylation is 1. The summed E-state index contributed by atoms with van der Waals surface area (Å²) in [6.07, 6.45) is 5.49. The van der Waals surface area contributed by atoms with E-state index in [0.717, 1.165) is 17.1 Å². The molecule has 1 aromatic rings. The Hall–Kier alpha value is -1.25. The highest BCUT2D eigenvalue weighted by Crippen LogP contribution is 2.38. The van der Waals surface area contributed by atoms with Crippen LogP contribution in [0.15, 0.2) is 12.3 Å². The lowest BCUT2D eigenvalue weighted by Gasteiger charge is -2.19. The standard InChI is InChI=1S/C13H21N3/c1-9-5-7-15-12(11(9)14)16-10-4-6-13(2,3)8-10/h5,7,10H,4,6,8,14H2,1-3H3,(H,15,16). The van der Waals surface area contributed by atoms with Crippen LogP contribution in [0.2, 0.25) is 0 Å². The summed E-state index contributed by atoms with van der Waals surface area (Å²) in [5.41, 5.74) is 8.33. The Morgan fingerprint density at radius 3 is 2.88 bits per heavy atom. The molecule has 1 saturated carbocycles. The van der Waals surface area contributed by atoms with E-state index < -0.39 is 0 Å². The number of nitrogens with one attached hydrogen (secondary N) is 1. The minimum Gasteiger partial charge on any atom is -0.396 e. The van der Waals surface area contributed by atoms with Crippen LogP contribution in [-0.2, 0) is 0 Å². The second kappa shape index (κ2) is 3.96. The van der Waals surface area contributed by atoms with Gasteiger partial charge in [-0.15, -0.1) is 0 Å². The maximum absolute atomic E-state index is 6.00. The predicted octanol–water partition coefficient (Wildman–Crippen LogP) is 2.96. The lowest BCUT2D eigenvalue weighted by Crippen LogP contribution is -2.19. The Balaban J connectivity index is 2.08. The molecule has 0 aliphatic heterocycles. The van der Waals surface area contributed by atoms with Crippen LogP contribution in [0.25, 0.3) is 0 Å². The number of nitrogens with zero attached hydrogens (tertiary/aromatic N) is 1. The predicted molar refractivity (Wildman–Crippen MR) is 68.4 cm³/mol. The molecule has 3 nitrogen and oxygen atoms in total. The van der Waals surface area contributed by atoms with Crippen LogP contribution in [0.3, 0.4) is 0 Å². The van der Waals surface area contributed by atoms with E-state index in [1.165, 1.54) is 19.3 Å². The average Bonchev–Trinajstić information content (AvgIpc) is 2.53. The van der Waals surface area contributed by atoms with Gasteiger partial charge in [0.15, 0.2) is 0 Å². The summed E-state index contributed by atoms with van der Waals surface area (Å²) < 4.78 is 0. The highest BCUT2D eigenvalue weighted by molar-refractivity contribution is 5.65. The van der Waals surface area contributed by atoms with Gasteiger partial charge in [0.05, 0.1) is 5.69 Å². The molecule has 3 N–H and O–H groups in total. The van der Waals surface area contributed by atoms with Gasteiger partial charge in [0, 0.05) is 12.2 Å². The lowest BCUT2D eigenvalue weighted by molar-refractivity contribution is 0.378. The molecule has 1 atom stereocenters. The fourth-order valence-corrected chi connectivity index (χ4v) is 2.44. The van der Waals surface area contributed by atoms with E-state index in [1.807, 2.05) is 19.2 Å². The van der Waals surface area contributed by atoms with Gasteiger partial charge < -0.3 is 11.1 Å². The molecule has 1 aromatic heterocycles. The van der Waals surface area contributed by atoms with Gasteiger partial charge >= 0.3 is 0 Å². The maximum atomic E-state index is 6.00. The molecule has 1 fully saturated rings. The molecule has 0 aromatic carbocycles. The average molecular weight is 219 g/mol. The van der Waals surface area contributed by atoms with E-state index >= 15 is 0 Å². The Kier molecular flexibility index (Phi) is 2.78. The van der Waals surface area contributed by atoms with Crippen molar-refractivity contribution in [3.05, 3.63) is 17.8 Å². The first-order chi connectivity index (χ1) is 7.48. The summed E-state index contributed by atoms with van der Waals surface area (Å²) in [7, 11) is 0. The summed E-state index contributed by atoms with van der Waals surface area (Å²) in [5, 5.41) is 3.47. The summed E-state index contributed by atoms with van der Waals surface area (Å²) in [5.74, 6) is 0.850. The topological polar surface area (TPSA) is 50.9 Å². The largest absolute Gasteiger partial charge is 0.396 e. The summed E-state index contributed by atoms with van der Waals surface area (Å²) in [4.78, 5) is 4.31. The zero-order chi connectivity index (χ0) is 11.8. The quantitative estimate of drug-likeness (QED) is 0.804. The van der Waals surface area contributed by atoms with Gasteiger partial charge in [-0.25, -0.2) is 4.98 Å². The van der Waals surface area contributed by atoms with Gasteiger partial charge in [0.25, 0.3) is 0 Å². The summed E-state index contributed by atoms with van der Waals surface area (Å²) in [6.45, 7) is 6.66. The number of pyridine rings is 1. The first kappa shape index (κ1) is 11.2. The Bertz CT molecular complexity index is 385. The third-order valence-electron chi connectivity index (χ3n) is 3.52. The molecule has 0 radical (unpaired) electrons. The fourth-order valence-electron chi connectivity index (χ4n) is 2.44. The molecule has 1 heterocycles. The minimum absolute atomic E-state index is 0.455. The molecular formula is C13H21N3. The number of nitrogen functional groups attached to an aromatic ring is 1. The van der Waals surface area contributed by atoms with Crippen LogP contribution in [0.1, 0.15) is 38.7 Å². The molecule has 0 bridgehead atoms. The second-order valence-electron chi connectivity index (χ2n) is 5.64. The molecule has 88 valence electrons. The van der Waals surface area contributed by atoms with Crippen molar-refractivity contribution in [3.8, 4) is 0 Å². The van der Waals surface area contributed by atoms with Crippen LogP contribution >= 0.6 is 0 Å². The van der Waals surface area contributed by atoms with Crippen LogP contribution in [-0.4, -0.2) is 11.0 Å². The van der Waals surface area contributed by atoms with Crippen LogP contribution in [0.4, 0.5) is 11.5 Å². The molecule has 3 heteroatoms. The van der Waals surface area contributed by atoms with Crippen molar-refractivity contribution in [3.63, 3.8) is 0 Å². The van der Waals surface area contributed by atoms with Crippen LogP contribution in [0, 0.1) is 12.3 Å².